The second-order valence-electron chi connectivity index (χ2n) is 4.71. The minimum absolute atomic E-state index is 0.0602. The van der Waals surface area contributed by atoms with Gasteiger partial charge in [-0.25, -0.2) is 0 Å². The maximum atomic E-state index is 10.5. The molecule has 0 aromatic carbocycles. The van der Waals surface area contributed by atoms with Crippen LogP contribution in [0.3, 0.4) is 0 Å². The Labute approximate surface area is 106 Å². The van der Waals surface area contributed by atoms with Crippen LogP contribution in [0, 0.1) is 5.92 Å². The molecule has 0 unspecified atom stereocenters. The number of carboxylic acid groups (broad SMARTS) is 1. The van der Waals surface area contributed by atoms with E-state index in [0.717, 1.165) is 19.3 Å². The van der Waals surface area contributed by atoms with Gasteiger partial charge in [-0.2, -0.15) is 0 Å². The highest BCUT2D eigenvalue weighted by Gasteiger charge is 2.24. The van der Waals surface area contributed by atoms with Crippen molar-refractivity contribution in [2.45, 2.75) is 39.0 Å². The van der Waals surface area contributed by atoms with Gasteiger partial charge in [0.1, 0.15) is 0 Å². The summed E-state index contributed by atoms with van der Waals surface area (Å²) >= 11 is 0. The third-order valence-corrected chi connectivity index (χ3v) is 3.29. The molecule has 100 valence electrons. The topological polar surface area (TPSA) is 74.7 Å². The quantitative estimate of drug-likeness (QED) is 0.568. The standard InChI is InChI=1S/C8H12O2.C5H7NO2/c1-6-2-4-7(5-3-6)8(9)10;1-6-4(7)2-3-5(6)8/h2,7H,3-5H2,1H3,(H,9,10);2-3H2,1H3/t7-;/m0./s1. The van der Waals surface area contributed by atoms with Crippen LogP contribution < -0.4 is 0 Å². The summed E-state index contributed by atoms with van der Waals surface area (Å²) in [7, 11) is 1.51. The van der Waals surface area contributed by atoms with Gasteiger partial charge in [-0.1, -0.05) is 11.6 Å². The molecule has 0 spiro atoms. The first-order chi connectivity index (χ1) is 8.41. The van der Waals surface area contributed by atoms with Gasteiger partial charge >= 0.3 is 5.97 Å². The van der Waals surface area contributed by atoms with Crippen molar-refractivity contribution in [3.63, 3.8) is 0 Å². The van der Waals surface area contributed by atoms with E-state index in [-0.39, 0.29) is 17.7 Å². The molecule has 2 amide bonds. The fraction of sp³-hybridized carbons (Fsp3) is 0.615. The Balaban J connectivity index is 0.000000184. The number of allylic oxidation sites excluding steroid dienone is 2. The van der Waals surface area contributed by atoms with Crippen LogP contribution >= 0.6 is 0 Å². The van der Waals surface area contributed by atoms with E-state index in [0.29, 0.717) is 12.8 Å². The predicted molar refractivity (Wildman–Crippen MR) is 65.7 cm³/mol. The van der Waals surface area contributed by atoms with Crippen molar-refractivity contribution in [2.24, 2.45) is 5.92 Å². The van der Waals surface area contributed by atoms with Gasteiger partial charge in [-0.3, -0.25) is 19.3 Å². The number of carboxylic acids is 1. The number of amides is 2. The summed E-state index contributed by atoms with van der Waals surface area (Å²) in [4.78, 5) is 32.6. The molecule has 0 radical (unpaired) electrons. The number of hydrogen-bond acceptors (Lipinski definition) is 3. The first kappa shape index (κ1) is 14.4. The van der Waals surface area contributed by atoms with Crippen LogP contribution in [0.4, 0.5) is 0 Å². The number of hydrogen-bond donors (Lipinski definition) is 1. The van der Waals surface area contributed by atoms with Gasteiger partial charge in [-0.05, 0) is 26.2 Å². The van der Waals surface area contributed by atoms with E-state index < -0.39 is 5.97 Å². The third-order valence-electron chi connectivity index (χ3n) is 3.29. The fourth-order valence-corrected chi connectivity index (χ4v) is 1.88. The number of nitrogens with zero attached hydrogens (tertiary/aromatic N) is 1. The molecule has 1 saturated heterocycles. The van der Waals surface area contributed by atoms with Gasteiger partial charge in [0.25, 0.3) is 0 Å². The molecule has 0 saturated carbocycles. The summed E-state index contributed by atoms with van der Waals surface area (Å²) in [6, 6.07) is 0. The van der Waals surface area contributed by atoms with E-state index in [9.17, 15) is 14.4 Å². The average molecular weight is 253 g/mol. The number of rotatable bonds is 1. The summed E-state index contributed by atoms with van der Waals surface area (Å²) in [6.45, 7) is 2.05. The Bertz CT molecular complexity index is 370. The van der Waals surface area contributed by atoms with Crippen LogP contribution in [-0.2, 0) is 14.4 Å². The SMILES string of the molecule is CC1=CC[C@H](C(=O)O)CC1.CN1C(=O)CCC1=O. The fourth-order valence-electron chi connectivity index (χ4n) is 1.88. The third kappa shape index (κ3) is 3.98. The van der Waals surface area contributed by atoms with Crippen molar-refractivity contribution >= 4 is 17.8 Å². The Morgan fingerprint density at radius 1 is 1.28 bits per heavy atom. The predicted octanol–water partition coefficient (Wildman–Crippen LogP) is 1.58. The van der Waals surface area contributed by atoms with Gasteiger partial charge in [0.15, 0.2) is 0 Å². The molecule has 2 rings (SSSR count). The highest BCUT2D eigenvalue weighted by Crippen LogP contribution is 2.22. The zero-order valence-electron chi connectivity index (χ0n) is 10.8. The molecule has 0 bridgehead atoms. The van der Waals surface area contributed by atoms with Crippen molar-refractivity contribution in [2.75, 3.05) is 7.05 Å². The van der Waals surface area contributed by atoms with E-state index >= 15 is 0 Å². The minimum Gasteiger partial charge on any atom is -0.481 e. The molecule has 1 aliphatic heterocycles. The first-order valence-electron chi connectivity index (χ1n) is 6.09. The molecular weight excluding hydrogens is 234 g/mol. The average Bonchev–Trinajstić information content (AvgIpc) is 2.62. The number of aliphatic carboxylic acids is 1. The molecule has 0 aromatic heterocycles. The second kappa shape index (κ2) is 6.33. The van der Waals surface area contributed by atoms with Crippen molar-refractivity contribution in [1.82, 2.24) is 4.90 Å². The molecule has 2 aliphatic rings. The molecule has 1 atom stereocenters. The summed E-state index contributed by atoms with van der Waals surface area (Å²) in [5.74, 6) is -0.891. The molecule has 1 N–H and O–H groups in total. The molecule has 5 heteroatoms. The largest absolute Gasteiger partial charge is 0.481 e. The number of carbonyl (C=O) groups excluding carboxylic acids is 2. The number of imide groups is 1. The lowest BCUT2D eigenvalue weighted by Gasteiger charge is -2.15. The Kier molecular flexibility index (Phi) is 5.07. The lowest BCUT2D eigenvalue weighted by atomic mass is 9.90. The summed E-state index contributed by atoms with van der Waals surface area (Å²) in [5, 5.41) is 8.60. The normalized spacial score (nSPS) is 23.3. The Morgan fingerprint density at radius 3 is 2.11 bits per heavy atom. The monoisotopic (exact) mass is 253 g/mol. The first-order valence-corrected chi connectivity index (χ1v) is 6.09. The maximum Gasteiger partial charge on any atom is 0.306 e. The number of likely N-dealkylation sites (tertiary alicyclic amines) is 1. The molecule has 1 heterocycles. The maximum absolute atomic E-state index is 10.5. The van der Waals surface area contributed by atoms with E-state index in [4.69, 9.17) is 5.11 Å². The van der Waals surface area contributed by atoms with Gasteiger partial charge in [0.05, 0.1) is 5.92 Å². The van der Waals surface area contributed by atoms with Crippen LogP contribution in [0.2, 0.25) is 0 Å². The lowest BCUT2D eigenvalue weighted by molar-refractivity contribution is -0.142. The molecule has 18 heavy (non-hydrogen) atoms. The highest BCUT2D eigenvalue weighted by molar-refractivity contribution is 6.01. The number of carbonyl (C=O) groups is 3. The molecule has 1 fully saturated rings. The van der Waals surface area contributed by atoms with Gasteiger partial charge in [0, 0.05) is 19.9 Å². The van der Waals surface area contributed by atoms with Crippen LogP contribution in [0.1, 0.15) is 39.0 Å². The summed E-state index contributed by atoms with van der Waals surface area (Å²) in [5.41, 5.74) is 1.33. The smallest absolute Gasteiger partial charge is 0.306 e. The van der Waals surface area contributed by atoms with Gasteiger partial charge < -0.3 is 5.11 Å². The van der Waals surface area contributed by atoms with Crippen molar-refractivity contribution in [3.05, 3.63) is 11.6 Å². The van der Waals surface area contributed by atoms with E-state index in [2.05, 4.69) is 6.92 Å². The van der Waals surface area contributed by atoms with E-state index in [1.807, 2.05) is 6.08 Å². The van der Waals surface area contributed by atoms with Crippen LogP contribution in [0.5, 0.6) is 0 Å². The zero-order chi connectivity index (χ0) is 13.7. The van der Waals surface area contributed by atoms with Gasteiger partial charge in [0.2, 0.25) is 11.8 Å². The van der Waals surface area contributed by atoms with Crippen LogP contribution in [0.15, 0.2) is 11.6 Å². The lowest BCUT2D eigenvalue weighted by Crippen LogP contribution is -2.23. The second-order valence-corrected chi connectivity index (χ2v) is 4.71. The Morgan fingerprint density at radius 2 is 1.83 bits per heavy atom. The van der Waals surface area contributed by atoms with Gasteiger partial charge in [-0.15, -0.1) is 0 Å². The highest BCUT2D eigenvalue weighted by atomic mass is 16.4. The van der Waals surface area contributed by atoms with Crippen LogP contribution in [0.25, 0.3) is 0 Å². The molecular formula is C13H19NO4. The zero-order valence-corrected chi connectivity index (χ0v) is 10.8. The van der Waals surface area contributed by atoms with Crippen LogP contribution in [-0.4, -0.2) is 34.8 Å². The Hall–Kier alpha value is -1.65. The van der Waals surface area contributed by atoms with Crippen molar-refractivity contribution in [3.8, 4) is 0 Å². The van der Waals surface area contributed by atoms with E-state index in [1.54, 1.807) is 0 Å². The minimum atomic E-state index is -0.649. The van der Waals surface area contributed by atoms with Crippen molar-refractivity contribution in [1.29, 1.82) is 0 Å². The summed E-state index contributed by atoms with van der Waals surface area (Å²) in [6.07, 6.45) is 5.32. The molecule has 0 aromatic rings. The molecule has 1 aliphatic carbocycles. The summed E-state index contributed by atoms with van der Waals surface area (Å²) < 4.78 is 0. The van der Waals surface area contributed by atoms with E-state index in [1.165, 1.54) is 17.5 Å². The molecule has 5 nitrogen and oxygen atoms in total. The van der Waals surface area contributed by atoms with Crippen molar-refractivity contribution < 1.29 is 19.5 Å².